The molecule has 1 rings (SSSR count). The Morgan fingerprint density at radius 2 is 2.31 bits per heavy atom. The first kappa shape index (κ1) is 13.0. The maximum Gasteiger partial charge on any atom is 0.338 e. The molecule has 0 radical (unpaired) electrons. The average Bonchev–Trinajstić information content (AvgIpc) is 2.55. The second-order valence-corrected chi connectivity index (χ2v) is 4.05. The zero-order chi connectivity index (χ0) is 12.3. The molecule has 2 N–H and O–H groups in total. The highest BCUT2D eigenvalue weighted by Gasteiger charge is 2.24. The minimum Gasteiger partial charge on any atom is -0.479 e. The summed E-state index contributed by atoms with van der Waals surface area (Å²) in [4.78, 5) is 12.6. The third-order valence-electron chi connectivity index (χ3n) is 2.09. The molecule has 0 aliphatic heterocycles. The smallest absolute Gasteiger partial charge is 0.338 e. The Hall–Kier alpha value is -1.11. The van der Waals surface area contributed by atoms with Gasteiger partial charge in [-0.2, -0.15) is 5.10 Å². The van der Waals surface area contributed by atoms with E-state index in [-0.39, 0.29) is 10.7 Å². The molecule has 0 aliphatic rings. The molecular formula is C9H14ClN3O3. The van der Waals surface area contributed by atoms with Crippen molar-refractivity contribution in [1.82, 2.24) is 14.7 Å². The van der Waals surface area contributed by atoms with Crippen molar-refractivity contribution in [2.45, 2.75) is 12.6 Å². The van der Waals surface area contributed by atoms with Gasteiger partial charge in [0.15, 0.2) is 6.10 Å². The van der Waals surface area contributed by atoms with E-state index in [4.69, 9.17) is 16.7 Å². The van der Waals surface area contributed by atoms with Crippen molar-refractivity contribution in [3.63, 3.8) is 0 Å². The number of hydrogen-bond acceptors (Lipinski definition) is 4. The SMILES string of the molecule is CN(C)CCn1ncc(Cl)c1C(O)C(=O)O. The number of aliphatic hydroxyl groups is 1. The highest BCUT2D eigenvalue weighted by atomic mass is 35.5. The van der Waals surface area contributed by atoms with Crippen molar-refractivity contribution in [3.05, 3.63) is 16.9 Å². The monoisotopic (exact) mass is 247 g/mol. The summed E-state index contributed by atoms with van der Waals surface area (Å²) in [5.74, 6) is -1.34. The van der Waals surface area contributed by atoms with Crippen LogP contribution in [0.2, 0.25) is 5.02 Å². The molecule has 0 aliphatic carbocycles. The Bertz CT molecular complexity index is 378. The largest absolute Gasteiger partial charge is 0.479 e. The lowest BCUT2D eigenvalue weighted by Gasteiger charge is -2.13. The third-order valence-corrected chi connectivity index (χ3v) is 2.38. The van der Waals surface area contributed by atoms with Gasteiger partial charge in [-0.1, -0.05) is 11.6 Å². The number of carboxylic acids is 1. The molecule has 6 nitrogen and oxygen atoms in total. The zero-order valence-corrected chi connectivity index (χ0v) is 9.85. The van der Waals surface area contributed by atoms with Crippen LogP contribution in [0.1, 0.15) is 11.8 Å². The molecule has 0 amide bonds. The Morgan fingerprint density at radius 3 is 2.81 bits per heavy atom. The molecule has 90 valence electrons. The van der Waals surface area contributed by atoms with Crippen LogP contribution < -0.4 is 0 Å². The minimum absolute atomic E-state index is 0.121. The third kappa shape index (κ3) is 2.94. The molecule has 0 saturated carbocycles. The summed E-state index contributed by atoms with van der Waals surface area (Å²) in [6, 6.07) is 0. The number of hydrogen-bond donors (Lipinski definition) is 2. The van der Waals surface area contributed by atoms with E-state index in [1.165, 1.54) is 10.9 Å². The van der Waals surface area contributed by atoms with Crippen LogP contribution in [-0.4, -0.2) is 51.5 Å². The molecule has 1 atom stereocenters. The van der Waals surface area contributed by atoms with E-state index < -0.39 is 12.1 Å². The van der Waals surface area contributed by atoms with Crippen LogP contribution in [0.4, 0.5) is 0 Å². The van der Waals surface area contributed by atoms with Gasteiger partial charge in [-0.15, -0.1) is 0 Å². The van der Waals surface area contributed by atoms with E-state index in [9.17, 15) is 9.90 Å². The summed E-state index contributed by atoms with van der Waals surface area (Å²) in [7, 11) is 3.77. The molecule has 1 unspecified atom stereocenters. The molecule has 0 fully saturated rings. The highest BCUT2D eigenvalue weighted by molar-refractivity contribution is 6.31. The standard InChI is InChI=1S/C9H14ClN3O3/c1-12(2)3-4-13-7(6(10)5-11-13)8(14)9(15)16/h5,8,14H,3-4H2,1-2H3,(H,15,16). The fourth-order valence-electron chi connectivity index (χ4n) is 1.23. The molecule has 1 aromatic rings. The van der Waals surface area contributed by atoms with E-state index in [1.54, 1.807) is 0 Å². The second kappa shape index (κ2) is 5.29. The van der Waals surface area contributed by atoms with E-state index in [0.717, 1.165) is 0 Å². The molecule has 1 heterocycles. The van der Waals surface area contributed by atoms with E-state index in [2.05, 4.69) is 5.10 Å². The van der Waals surface area contributed by atoms with Crippen LogP contribution in [0.3, 0.4) is 0 Å². The van der Waals surface area contributed by atoms with Gasteiger partial charge in [-0.25, -0.2) is 4.79 Å². The first-order valence-electron chi connectivity index (χ1n) is 4.70. The lowest BCUT2D eigenvalue weighted by atomic mass is 10.2. The first-order chi connectivity index (χ1) is 7.43. The lowest BCUT2D eigenvalue weighted by molar-refractivity contribution is -0.147. The van der Waals surface area contributed by atoms with Crippen LogP contribution in [0.15, 0.2) is 6.20 Å². The molecule has 0 spiro atoms. The molecule has 0 aromatic carbocycles. The van der Waals surface area contributed by atoms with Gasteiger partial charge >= 0.3 is 5.97 Å². The maximum atomic E-state index is 10.7. The number of likely N-dealkylation sites (N-methyl/N-ethyl adjacent to an activating group) is 1. The fourth-order valence-corrected chi connectivity index (χ4v) is 1.48. The fraction of sp³-hybridized carbons (Fsp3) is 0.556. The summed E-state index contributed by atoms with van der Waals surface area (Å²) >= 11 is 5.78. The number of halogens is 1. The van der Waals surface area contributed by atoms with Crippen LogP contribution in [0.25, 0.3) is 0 Å². The highest BCUT2D eigenvalue weighted by Crippen LogP contribution is 2.22. The van der Waals surface area contributed by atoms with Crippen LogP contribution in [-0.2, 0) is 11.3 Å². The van der Waals surface area contributed by atoms with E-state index in [0.29, 0.717) is 13.1 Å². The van der Waals surface area contributed by atoms with Crippen molar-refractivity contribution in [3.8, 4) is 0 Å². The summed E-state index contributed by atoms with van der Waals surface area (Å²) in [5.41, 5.74) is 0.121. The Kier molecular flexibility index (Phi) is 4.28. The maximum absolute atomic E-state index is 10.7. The summed E-state index contributed by atoms with van der Waals surface area (Å²) in [6.07, 6.45) is -0.309. The molecular weight excluding hydrogens is 234 g/mol. The number of carbonyl (C=O) groups is 1. The van der Waals surface area contributed by atoms with E-state index in [1.807, 2.05) is 19.0 Å². The van der Waals surface area contributed by atoms with Crippen LogP contribution in [0, 0.1) is 0 Å². The van der Waals surface area contributed by atoms with Crippen molar-refractivity contribution < 1.29 is 15.0 Å². The molecule has 1 aromatic heterocycles. The quantitative estimate of drug-likeness (QED) is 0.778. The first-order valence-corrected chi connectivity index (χ1v) is 5.08. The van der Waals surface area contributed by atoms with E-state index >= 15 is 0 Å². The van der Waals surface area contributed by atoms with Gasteiger partial charge in [0.25, 0.3) is 0 Å². The van der Waals surface area contributed by atoms with Crippen molar-refractivity contribution in [2.75, 3.05) is 20.6 Å². The number of aromatic nitrogens is 2. The van der Waals surface area contributed by atoms with Crippen molar-refractivity contribution in [2.24, 2.45) is 0 Å². The van der Waals surface area contributed by atoms with Gasteiger partial charge in [0, 0.05) is 6.54 Å². The van der Waals surface area contributed by atoms with Gasteiger partial charge in [-0.3, -0.25) is 4.68 Å². The normalized spacial score (nSPS) is 13.1. The van der Waals surface area contributed by atoms with Gasteiger partial charge in [0.1, 0.15) is 0 Å². The van der Waals surface area contributed by atoms with Crippen molar-refractivity contribution in [1.29, 1.82) is 0 Å². The Balaban J connectivity index is 2.89. The van der Waals surface area contributed by atoms with Gasteiger partial charge < -0.3 is 15.1 Å². The van der Waals surface area contributed by atoms with Crippen LogP contribution in [0.5, 0.6) is 0 Å². The number of aliphatic carboxylic acids is 1. The molecule has 16 heavy (non-hydrogen) atoms. The lowest BCUT2D eigenvalue weighted by Crippen LogP contribution is -2.23. The topological polar surface area (TPSA) is 78.6 Å². The predicted molar refractivity (Wildman–Crippen MR) is 58.4 cm³/mol. The van der Waals surface area contributed by atoms with Crippen molar-refractivity contribution >= 4 is 17.6 Å². The summed E-state index contributed by atoms with van der Waals surface area (Å²) in [5, 5.41) is 22.3. The average molecular weight is 248 g/mol. The summed E-state index contributed by atoms with van der Waals surface area (Å²) in [6.45, 7) is 1.15. The van der Waals surface area contributed by atoms with Gasteiger partial charge in [0.05, 0.1) is 23.5 Å². The molecule has 0 bridgehead atoms. The Morgan fingerprint density at radius 1 is 1.69 bits per heavy atom. The second-order valence-electron chi connectivity index (χ2n) is 3.64. The Labute approximate surface area is 98.0 Å². The molecule has 0 saturated heterocycles. The van der Waals surface area contributed by atoms with Gasteiger partial charge in [0.2, 0.25) is 0 Å². The van der Waals surface area contributed by atoms with Gasteiger partial charge in [-0.05, 0) is 14.1 Å². The number of rotatable bonds is 5. The minimum atomic E-state index is -1.64. The van der Waals surface area contributed by atoms with Crippen LogP contribution >= 0.6 is 11.6 Å². The number of aliphatic hydroxyl groups excluding tert-OH is 1. The summed E-state index contributed by atoms with van der Waals surface area (Å²) < 4.78 is 1.40. The zero-order valence-electron chi connectivity index (χ0n) is 9.09. The number of carboxylic acid groups (broad SMARTS) is 1. The number of nitrogens with zero attached hydrogens (tertiary/aromatic N) is 3. The predicted octanol–water partition coefficient (Wildman–Crippen LogP) is 0.216. The molecule has 7 heteroatoms.